The minimum absolute atomic E-state index is 0.0369. The second-order valence-electron chi connectivity index (χ2n) is 8.40. The third kappa shape index (κ3) is 3.77. The Balaban J connectivity index is 1.47. The SMILES string of the molecule is C[C@H](C(=O)N1[C@H](C)CCC[C@@H]1C)N1CCC[C@H](c2nc3ccccc3s2)C1. The monoisotopic (exact) mass is 385 g/mol. The molecule has 2 fully saturated rings. The first-order valence-electron chi connectivity index (χ1n) is 10.5. The molecule has 2 aromatic rings. The highest BCUT2D eigenvalue weighted by Gasteiger charge is 2.36. The first-order valence-corrected chi connectivity index (χ1v) is 11.3. The predicted octanol–water partition coefficient (Wildman–Crippen LogP) is 4.65. The third-order valence-corrected chi connectivity index (χ3v) is 7.66. The summed E-state index contributed by atoms with van der Waals surface area (Å²) >= 11 is 1.82. The van der Waals surface area contributed by atoms with Crippen LogP contribution in [0, 0.1) is 0 Å². The lowest BCUT2D eigenvalue weighted by Crippen LogP contribution is -2.56. The van der Waals surface area contributed by atoms with Crippen molar-refractivity contribution in [2.75, 3.05) is 13.1 Å². The van der Waals surface area contributed by atoms with E-state index in [1.807, 2.05) is 11.3 Å². The fraction of sp³-hybridized carbons (Fsp3) is 0.636. The van der Waals surface area contributed by atoms with E-state index in [4.69, 9.17) is 4.98 Å². The summed E-state index contributed by atoms with van der Waals surface area (Å²) < 4.78 is 1.27. The van der Waals surface area contributed by atoms with Crippen LogP contribution in [-0.4, -0.2) is 51.9 Å². The molecule has 4 rings (SSSR count). The number of benzene rings is 1. The topological polar surface area (TPSA) is 36.4 Å². The summed E-state index contributed by atoms with van der Waals surface area (Å²) in [4.78, 5) is 22.7. The minimum atomic E-state index is -0.0369. The van der Waals surface area contributed by atoms with Crippen molar-refractivity contribution < 1.29 is 4.79 Å². The number of hydrogen-bond acceptors (Lipinski definition) is 4. The van der Waals surface area contributed by atoms with Crippen LogP contribution in [0.1, 0.15) is 63.8 Å². The molecular formula is C22H31N3OS. The minimum Gasteiger partial charge on any atom is -0.336 e. The van der Waals surface area contributed by atoms with E-state index in [9.17, 15) is 4.79 Å². The Bertz CT molecular complexity index is 761. The number of thiazole rings is 1. The second kappa shape index (κ2) is 7.88. The van der Waals surface area contributed by atoms with E-state index in [0.29, 0.717) is 23.9 Å². The largest absolute Gasteiger partial charge is 0.336 e. The maximum absolute atomic E-state index is 13.3. The van der Waals surface area contributed by atoms with Crippen molar-refractivity contribution >= 4 is 27.5 Å². The average molecular weight is 386 g/mol. The summed E-state index contributed by atoms with van der Waals surface area (Å²) in [6.45, 7) is 8.49. The maximum Gasteiger partial charge on any atom is 0.240 e. The van der Waals surface area contributed by atoms with Gasteiger partial charge < -0.3 is 4.90 Å². The number of hydrogen-bond donors (Lipinski definition) is 0. The van der Waals surface area contributed by atoms with Gasteiger partial charge in [0.1, 0.15) is 0 Å². The number of rotatable bonds is 3. The lowest BCUT2D eigenvalue weighted by atomic mass is 9.94. The molecule has 1 amide bonds. The highest BCUT2D eigenvalue weighted by atomic mass is 32.1. The number of carbonyl (C=O) groups is 1. The Morgan fingerprint density at radius 1 is 1.15 bits per heavy atom. The first-order chi connectivity index (χ1) is 13.0. The van der Waals surface area contributed by atoms with Crippen molar-refractivity contribution in [1.29, 1.82) is 0 Å². The quantitative estimate of drug-likeness (QED) is 0.771. The Morgan fingerprint density at radius 2 is 1.89 bits per heavy atom. The lowest BCUT2D eigenvalue weighted by Gasteiger charge is -2.43. The predicted molar refractivity (Wildman–Crippen MR) is 112 cm³/mol. The van der Waals surface area contributed by atoms with Gasteiger partial charge in [-0.3, -0.25) is 9.69 Å². The molecule has 0 aliphatic carbocycles. The molecule has 4 nitrogen and oxygen atoms in total. The van der Waals surface area contributed by atoms with Crippen LogP contribution in [0.15, 0.2) is 24.3 Å². The molecule has 0 spiro atoms. The van der Waals surface area contributed by atoms with Crippen molar-refractivity contribution in [3.63, 3.8) is 0 Å². The highest BCUT2D eigenvalue weighted by molar-refractivity contribution is 7.18. The molecule has 1 aromatic heterocycles. The molecule has 2 aliphatic heterocycles. The number of likely N-dealkylation sites (tertiary alicyclic amines) is 2. The summed E-state index contributed by atoms with van der Waals surface area (Å²) in [6, 6.07) is 9.09. The summed E-state index contributed by atoms with van der Waals surface area (Å²) in [5.74, 6) is 0.766. The van der Waals surface area contributed by atoms with Gasteiger partial charge in [-0.05, 0) is 71.6 Å². The fourth-order valence-corrected chi connectivity index (χ4v) is 5.95. The highest BCUT2D eigenvalue weighted by Crippen LogP contribution is 2.34. The van der Waals surface area contributed by atoms with Gasteiger partial charge in [0, 0.05) is 24.5 Å². The Morgan fingerprint density at radius 3 is 2.63 bits per heavy atom. The van der Waals surface area contributed by atoms with Crippen LogP contribution in [0.5, 0.6) is 0 Å². The summed E-state index contributed by atoms with van der Waals surface area (Å²) in [5.41, 5.74) is 1.11. The van der Waals surface area contributed by atoms with E-state index in [2.05, 4.69) is 54.8 Å². The first kappa shape index (κ1) is 18.9. The van der Waals surface area contributed by atoms with Gasteiger partial charge in [0.25, 0.3) is 0 Å². The molecule has 27 heavy (non-hydrogen) atoms. The second-order valence-corrected chi connectivity index (χ2v) is 9.47. The summed E-state index contributed by atoms with van der Waals surface area (Å²) in [7, 11) is 0. The zero-order valence-electron chi connectivity index (χ0n) is 16.7. The molecule has 4 atom stereocenters. The number of fused-ring (bicyclic) bond motifs is 1. The van der Waals surface area contributed by atoms with Gasteiger partial charge in [0.05, 0.1) is 21.3 Å². The van der Waals surface area contributed by atoms with Crippen LogP contribution < -0.4 is 0 Å². The van der Waals surface area contributed by atoms with Gasteiger partial charge in [-0.1, -0.05) is 12.1 Å². The van der Waals surface area contributed by atoms with Crippen molar-refractivity contribution in [3.8, 4) is 0 Å². The molecule has 0 radical (unpaired) electrons. The van der Waals surface area contributed by atoms with Crippen molar-refractivity contribution in [2.45, 2.75) is 76.9 Å². The molecule has 0 bridgehead atoms. The van der Waals surface area contributed by atoms with E-state index in [1.54, 1.807) is 0 Å². The van der Waals surface area contributed by atoms with Crippen molar-refractivity contribution in [1.82, 2.24) is 14.8 Å². The molecular weight excluding hydrogens is 354 g/mol. The van der Waals surface area contributed by atoms with Crippen molar-refractivity contribution in [2.24, 2.45) is 0 Å². The van der Waals surface area contributed by atoms with Gasteiger partial charge in [0.15, 0.2) is 0 Å². The van der Waals surface area contributed by atoms with Gasteiger partial charge in [-0.15, -0.1) is 11.3 Å². The Labute approximate surface area is 166 Å². The average Bonchev–Trinajstić information content (AvgIpc) is 3.11. The van der Waals surface area contributed by atoms with Crippen LogP contribution in [-0.2, 0) is 4.79 Å². The zero-order chi connectivity index (χ0) is 19.0. The van der Waals surface area contributed by atoms with Gasteiger partial charge in [-0.2, -0.15) is 0 Å². The van der Waals surface area contributed by atoms with Gasteiger partial charge >= 0.3 is 0 Å². The van der Waals surface area contributed by atoms with Crippen LogP contribution in [0.25, 0.3) is 10.2 Å². The molecule has 5 heteroatoms. The number of carbonyl (C=O) groups excluding carboxylic acids is 1. The maximum atomic E-state index is 13.3. The molecule has 3 heterocycles. The van der Waals surface area contributed by atoms with E-state index < -0.39 is 0 Å². The fourth-order valence-electron chi connectivity index (χ4n) is 4.85. The number of para-hydroxylation sites is 1. The van der Waals surface area contributed by atoms with E-state index in [1.165, 1.54) is 22.5 Å². The number of aromatic nitrogens is 1. The van der Waals surface area contributed by atoms with Crippen LogP contribution in [0.4, 0.5) is 0 Å². The zero-order valence-corrected chi connectivity index (χ0v) is 17.5. The Hall–Kier alpha value is -1.46. The number of amides is 1. The Kier molecular flexibility index (Phi) is 5.51. The smallest absolute Gasteiger partial charge is 0.240 e. The number of piperidine rings is 2. The molecule has 0 N–H and O–H groups in total. The molecule has 2 aliphatic rings. The van der Waals surface area contributed by atoms with Gasteiger partial charge in [-0.25, -0.2) is 4.98 Å². The lowest BCUT2D eigenvalue weighted by molar-refractivity contribution is -0.143. The van der Waals surface area contributed by atoms with E-state index >= 15 is 0 Å². The summed E-state index contributed by atoms with van der Waals surface area (Å²) in [5, 5.41) is 1.24. The van der Waals surface area contributed by atoms with Crippen LogP contribution in [0.2, 0.25) is 0 Å². The van der Waals surface area contributed by atoms with E-state index in [0.717, 1.165) is 37.9 Å². The molecule has 2 saturated heterocycles. The normalized spacial score (nSPS) is 28.4. The third-order valence-electron chi connectivity index (χ3n) is 6.47. The van der Waals surface area contributed by atoms with Gasteiger partial charge in [0.2, 0.25) is 5.91 Å². The molecule has 0 unspecified atom stereocenters. The number of nitrogens with zero attached hydrogens (tertiary/aromatic N) is 3. The van der Waals surface area contributed by atoms with Crippen molar-refractivity contribution in [3.05, 3.63) is 29.3 Å². The molecule has 1 aromatic carbocycles. The van der Waals surface area contributed by atoms with Crippen LogP contribution in [0.3, 0.4) is 0 Å². The molecule has 0 saturated carbocycles. The van der Waals surface area contributed by atoms with Crippen LogP contribution >= 0.6 is 11.3 Å². The standard InChI is InChI=1S/C22H31N3OS/c1-15-8-6-9-16(2)25(15)22(26)17(3)24-13-7-10-18(14-24)21-23-19-11-4-5-12-20(19)27-21/h4-5,11-12,15-18H,6-10,13-14H2,1-3H3/t15-,16+,17-,18+/m1/s1. The summed E-state index contributed by atoms with van der Waals surface area (Å²) in [6.07, 6.45) is 5.83. The molecule has 146 valence electrons. The van der Waals surface area contributed by atoms with E-state index in [-0.39, 0.29) is 6.04 Å².